The van der Waals surface area contributed by atoms with Crippen LogP contribution in [0.2, 0.25) is 0 Å². The lowest BCUT2D eigenvalue weighted by molar-refractivity contribution is -0.139. The van der Waals surface area contributed by atoms with Gasteiger partial charge in [0.15, 0.2) is 0 Å². The second kappa shape index (κ2) is 8.58. The van der Waals surface area contributed by atoms with Crippen LogP contribution in [0, 0.1) is 12.3 Å². The van der Waals surface area contributed by atoms with Crippen molar-refractivity contribution in [3.05, 3.63) is 0 Å². The molecule has 0 aromatic rings. The molecule has 6 nitrogen and oxygen atoms in total. The van der Waals surface area contributed by atoms with E-state index < -0.39 is 28.8 Å². The summed E-state index contributed by atoms with van der Waals surface area (Å²) < 4.78 is 10.7. The molecule has 0 spiro atoms. The maximum absolute atomic E-state index is 11.2. The minimum absolute atomic E-state index is 0.0677. The molecular formula is C10H16N2O4S. The Morgan fingerprint density at radius 2 is 2.18 bits per heavy atom. The quantitative estimate of drug-likeness (QED) is 0.426. The monoisotopic (exact) mass is 260 g/mol. The molecule has 7 heteroatoms. The molecule has 0 saturated carbocycles. The van der Waals surface area contributed by atoms with Crippen molar-refractivity contribution in [3.8, 4) is 12.3 Å². The second-order valence-electron chi connectivity index (χ2n) is 3.33. The third-order valence-corrected chi connectivity index (χ3v) is 2.68. The summed E-state index contributed by atoms with van der Waals surface area (Å²) in [7, 11) is -0.894. The average Bonchev–Trinajstić information content (AvgIpc) is 2.23. The number of carboxylic acids is 1. The summed E-state index contributed by atoms with van der Waals surface area (Å²) in [5.41, 5.74) is 0. The molecule has 3 N–H and O–H groups in total. The Morgan fingerprint density at radius 1 is 1.53 bits per heavy atom. The Bertz CT molecular complexity index is 338. The van der Waals surface area contributed by atoms with E-state index in [9.17, 15) is 13.8 Å². The van der Waals surface area contributed by atoms with Crippen LogP contribution in [0.3, 0.4) is 0 Å². The van der Waals surface area contributed by atoms with Crippen LogP contribution in [0.5, 0.6) is 0 Å². The van der Waals surface area contributed by atoms with E-state index >= 15 is 0 Å². The van der Waals surface area contributed by atoms with E-state index in [0.29, 0.717) is 18.7 Å². The van der Waals surface area contributed by atoms with Gasteiger partial charge in [-0.2, -0.15) is 0 Å². The number of carbonyl (C=O) groups excluding carboxylic acids is 1. The number of carboxylic acid groups (broad SMARTS) is 1. The zero-order valence-electron chi connectivity index (χ0n) is 9.56. The van der Waals surface area contributed by atoms with Crippen LogP contribution < -0.4 is 10.6 Å². The van der Waals surface area contributed by atoms with Gasteiger partial charge in [0.2, 0.25) is 0 Å². The molecule has 0 bridgehead atoms. The lowest BCUT2D eigenvalue weighted by Gasteiger charge is -2.12. The molecule has 2 unspecified atom stereocenters. The van der Waals surface area contributed by atoms with Crippen LogP contribution in [0.1, 0.15) is 12.8 Å². The predicted octanol–water partition coefficient (Wildman–Crippen LogP) is -0.469. The summed E-state index contributed by atoms with van der Waals surface area (Å²) in [5.74, 6) is 1.49. The zero-order valence-corrected chi connectivity index (χ0v) is 10.4. The number of terminal acetylenes is 1. The number of hydrogen-bond donors (Lipinski definition) is 3. The predicted molar refractivity (Wildman–Crippen MR) is 65.0 cm³/mol. The van der Waals surface area contributed by atoms with Crippen LogP contribution in [-0.4, -0.2) is 45.9 Å². The standard InChI is InChI=1S/C10H16N2O4S/c1-3-5-8(9(13)14)12-10(15)11-6-4-7-17(2)16/h1,8H,4-7H2,2H3,(H,13,14)(H2,11,12,15). The van der Waals surface area contributed by atoms with Crippen LogP contribution in [0.15, 0.2) is 0 Å². The largest absolute Gasteiger partial charge is 0.480 e. The first-order valence-corrected chi connectivity index (χ1v) is 6.70. The minimum atomic E-state index is -1.17. The Kier molecular flexibility index (Phi) is 7.80. The number of aliphatic carboxylic acids is 1. The highest BCUT2D eigenvalue weighted by atomic mass is 32.2. The van der Waals surface area contributed by atoms with Crippen molar-refractivity contribution in [1.29, 1.82) is 0 Å². The maximum Gasteiger partial charge on any atom is 0.327 e. The highest BCUT2D eigenvalue weighted by Gasteiger charge is 2.18. The Hall–Kier alpha value is -1.55. The molecule has 0 heterocycles. The molecule has 0 aliphatic heterocycles. The van der Waals surface area contributed by atoms with Crippen LogP contribution in [-0.2, 0) is 15.6 Å². The fourth-order valence-corrected chi connectivity index (χ4v) is 1.56. The van der Waals surface area contributed by atoms with Crippen molar-refractivity contribution in [3.63, 3.8) is 0 Å². The Balaban J connectivity index is 3.87. The van der Waals surface area contributed by atoms with Gasteiger partial charge in [-0.3, -0.25) is 4.21 Å². The van der Waals surface area contributed by atoms with Gasteiger partial charge in [-0.05, 0) is 6.42 Å². The van der Waals surface area contributed by atoms with Gasteiger partial charge in [0.1, 0.15) is 6.04 Å². The van der Waals surface area contributed by atoms with Gasteiger partial charge in [0.05, 0.1) is 0 Å². The Morgan fingerprint density at radius 3 is 2.65 bits per heavy atom. The number of amides is 2. The Labute approximate surface area is 103 Å². The lowest BCUT2D eigenvalue weighted by atomic mass is 10.2. The van der Waals surface area contributed by atoms with E-state index in [1.54, 1.807) is 6.26 Å². The molecule has 17 heavy (non-hydrogen) atoms. The van der Waals surface area contributed by atoms with Gasteiger partial charge in [-0.1, -0.05) is 0 Å². The molecule has 0 aliphatic carbocycles. The molecule has 0 aromatic carbocycles. The van der Waals surface area contributed by atoms with E-state index in [0.717, 1.165) is 0 Å². The highest BCUT2D eigenvalue weighted by Crippen LogP contribution is 1.90. The normalized spacial score (nSPS) is 13.2. The van der Waals surface area contributed by atoms with Crippen molar-refractivity contribution in [2.24, 2.45) is 0 Å². The van der Waals surface area contributed by atoms with Gasteiger partial charge in [-0.15, -0.1) is 12.3 Å². The number of hydrogen-bond acceptors (Lipinski definition) is 3. The van der Waals surface area contributed by atoms with E-state index in [-0.39, 0.29) is 6.42 Å². The summed E-state index contributed by atoms with van der Waals surface area (Å²) >= 11 is 0. The van der Waals surface area contributed by atoms with E-state index in [4.69, 9.17) is 11.5 Å². The minimum Gasteiger partial charge on any atom is -0.480 e. The zero-order chi connectivity index (χ0) is 13.3. The van der Waals surface area contributed by atoms with Gasteiger partial charge in [0, 0.05) is 35.8 Å². The molecule has 0 radical (unpaired) electrons. The summed E-state index contributed by atoms with van der Waals surface area (Å²) in [6.07, 6.45) is 7.06. The van der Waals surface area contributed by atoms with Crippen LogP contribution in [0.4, 0.5) is 4.79 Å². The molecule has 96 valence electrons. The van der Waals surface area contributed by atoms with E-state index in [1.807, 2.05) is 0 Å². The van der Waals surface area contributed by atoms with Crippen molar-refractivity contribution >= 4 is 22.8 Å². The molecule has 2 atom stereocenters. The van der Waals surface area contributed by atoms with Gasteiger partial charge >= 0.3 is 12.0 Å². The summed E-state index contributed by atoms with van der Waals surface area (Å²) in [6.45, 7) is 0.341. The van der Waals surface area contributed by atoms with Crippen molar-refractivity contribution in [2.45, 2.75) is 18.9 Å². The van der Waals surface area contributed by atoms with Crippen LogP contribution in [0.25, 0.3) is 0 Å². The summed E-state index contributed by atoms with van der Waals surface area (Å²) in [5, 5.41) is 13.4. The molecule has 2 amide bonds. The van der Waals surface area contributed by atoms with E-state index in [2.05, 4.69) is 16.6 Å². The molecular weight excluding hydrogens is 244 g/mol. The fraction of sp³-hybridized carbons (Fsp3) is 0.600. The molecule has 0 fully saturated rings. The molecule has 0 aliphatic rings. The highest BCUT2D eigenvalue weighted by molar-refractivity contribution is 7.84. The van der Waals surface area contributed by atoms with Gasteiger partial charge in [0.25, 0.3) is 0 Å². The molecule has 0 saturated heterocycles. The molecule has 0 rings (SSSR count). The van der Waals surface area contributed by atoms with Crippen molar-refractivity contribution in [2.75, 3.05) is 18.6 Å². The number of urea groups is 1. The van der Waals surface area contributed by atoms with Gasteiger partial charge < -0.3 is 15.7 Å². The first-order valence-electron chi connectivity index (χ1n) is 4.98. The van der Waals surface area contributed by atoms with E-state index in [1.165, 1.54) is 0 Å². The van der Waals surface area contributed by atoms with Crippen molar-refractivity contribution < 1.29 is 18.9 Å². The topological polar surface area (TPSA) is 95.5 Å². The number of rotatable bonds is 7. The third-order valence-electron chi connectivity index (χ3n) is 1.82. The second-order valence-corrected chi connectivity index (χ2v) is 4.88. The van der Waals surface area contributed by atoms with Gasteiger partial charge in [-0.25, -0.2) is 9.59 Å². The number of carbonyl (C=O) groups is 2. The maximum atomic E-state index is 11.2. The lowest BCUT2D eigenvalue weighted by Crippen LogP contribution is -2.46. The summed E-state index contributed by atoms with van der Waals surface area (Å²) in [4.78, 5) is 21.9. The number of nitrogens with one attached hydrogen (secondary N) is 2. The fourth-order valence-electron chi connectivity index (χ4n) is 1.00. The van der Waals surface area contributed by atoms with Crippen molar-refractivity contribution in [1.82, 2.24) is 10.6 Å². The van der Waals surface area contributed by atoms with Crippen LogP contribution >= 0.6 is 0 Å². The summed E-state index contributed by atoms with van der Waals surface area (Å²) in [6, 6.07) is -1.67. The third kappa shape index (κ3) is 8.28. The molecule has 0 aromatic heterocycles. The first kappa shape index (κ1) is 15.4. The first-order chi connectivity index (χ1) is 7.97. The smallest absolute Gasteiger partial charge is 0.327 e. The SMILES string of the molecule is C#CCC(NC(=O)NCCCS(C)=O)C(=O)O. The average molecular weight is 260 g/mol.